The second kappa shape index (κ2) is 7.86. The third-order valence-electron chi connectivity index (χ3n) is 4.49. The van der Waals surface area contributed by atoms with Gasteiger partial charge in [-0.25, -0.2) is 0 Å². The minimum Gasteiger partial charge on any atom is -0.467 e. The second-order valence-electron chi connectivity index (χ2n) is 6.10. The molecule has 23 heavy (non-hydrogen) atoms. The van der Waals surface area contributed by atoms with Gasteiger partial charge >= 0.3 is 0 Å². The van der Waals surface area contributed by atoms with Crippen LogP contribution in [-0.2, 0) is 13.0 Å². The maximum absolute atomic E-state index is 5.36. The molecule has 1 fully saturated rings. The number of furan rings is 1. The Morgan fingerprint density at radius 1 is 1.17 bits per heavy atom. The Morgan fingerprint density at radius 3 is 2.61 bits per heavy atom. The van der Waals surface area contributed by atoms with Crippen molar-refractivity contribution in [2.75, 3.05) is 20.1 Å². The fraction of sp³-hybridized carbons (Fsp3) is 0.421. The Kier molecular flexibility index (Phi) is 5.35. The molecule has 0 atom stereocenters. The van der Waals surface area contributed by atoms with Crippen LogP contribution in [0.15, 0.2) is 58.1 Å². The van der Waals surface area contributed by atoms with Gasteiger partial charge in [-0.2, -0.15) is 0 Å². The maximum Gasteiger partial charge on any atom is 0.194 e. The lowest BCUT2D eigenvalue weighted by atomic mass is 9.90. The molecule has 1 N–H and O–H groups in total. The Labute approximate surface area is 138 Å². The molecule has 0 spiro atoms. The van der Waals surface area contributed by atoms with Crippen LogP contribution in [0, 0.1) is 5.92 Å². The summed E-state index contributed by atoms with van der Waals surface area (Å²) in [6.07, 6.45) is 5.33. The summed E-state index contributed by atoms with van der Waals surface area (Å²) in [6, 6.07) is 14.7. The van der Waals surface area contributed by atoms with E-state index in [1.165, 1.54) is 24.8 Å². The molecule has 4 heteroatoms. The fourth-order valence-electron chi connectivity index (χ4n) is 3.21. The number of benzene rings is 1. The molecule has 3 rings (SSSR count). The standard InChI is InChI=1S/C19H25N3O/c1-20-19(21-15-18-8-5-13-23-18)22-11-9-17(10-12-22)14-16-6-3-2-4-7-16/h2-8,13,17H,9-12,14-15H2,1H3,(H,20,21). The average Bonchev–Trinajstić information content (AvgIpc) is 3.11. The van der Waals surface area contributed by atoms with E-state index in [1.54, 1.807) is 6.26 Å². The van der Waals surface area contributed by atoms with Crippen molar-refractivity contribution in [1.82, 2.24) is 10.2 Å². The number of guanidine groups is 1. The molecule has 1 aromatic heterocycles. The van der Waals surface area contributed by atoms with Gasteiger partial charge < -0.3 is 14.6 Å². The summed E-state index contributed by atoms with van der Waals surface area (Å²) in [5, 5.41) is 3.39. The predicted molar refractivity (Wildman–Crippen MR) is 93.3 cm³/mol. The lowest BCUT2D eigenvalue weighted by molar-refractivity contribution is 0.258. The highest BCUT2D eigenvalue weighted by molar-refractivity contribution is 5.79. The van der Waals surface area contributed by atoms with E-state index in [0.29, 0.717) is 6.54 Å². The molecule has 1 aliphatic heterocycles. The summed E-state index contributed by atoms with van der Waals surface area (Å²) < 4.78 is 5.36. The van der Waals surface area contributed by atoms with Gasteiger partial charge in [-0.05, 0) is 42.9 Å². The summed E-state index contributed by atoms with van der Waals surface area (Å²) in [6.45, 7) is 2.81. The van der Waals surface area contributed by atoms with Crippen molar-refractivity contribution < 1.29 is 4.42 Å². The molecular weight excluding hydrogens is 286 g/mol. The molecule has 0 bridgehead atoms. The Morgan fingerprint density at radius 2 is 1.96 bits per heavy atom. The first-order chi connectivity index (χ1) is 11.3. The van der Waals surface area contributed by atoms with Crippen LogP contribution in [0.1, 0.15) is 24.2 Å². The number of nitrogens with zero attached hydrogens (tertiary/aromatic N) is 2. The van der Waals surface area contributed by atoms with Crippen LogP contribution in [0.5, 0.6) is 0 Å². The topological polar surface area (TPSA) is 40.8 Å². The van der Waals surface area contributed by atoms with E-state index in [2.05, 4.69) is 45.5 Å². The molecule has 0 saturated carbocycles. The van der Waals surface area contributed by atoms with Gasteiger partial charge in [-0.1, -0.05) is 30.3 Å². The van der Waals surface area contributed by atoms with Crippen LogP contribution in [0.4, 0.5) is 0 Å². The lowest BCUT2D eigenvalue weighted by Gasteiger charge is -2.34. The first-order valence-electron chi connectivity index (χ1n) is 8.37. The largest absolute Gasteiger partial charge is 0.467 e. The number of aliphatic imine (C=N–C) groups is 1. The zero-order chi connectivity index (χ0) is 15.9. The number of likely N-dealkylation sites (tertiary alicyclic amines) is 1. The van der Waals surface area contributed by atoms with E-state index in [9.17, 15) is 0 Å². The van der Waals surface area contributed by atoms with E-state index in [0.717, 1.165) is 30.7 Å². The molecule has 2 aromatic rings. The van der Waals surface area contributed by atoms with Crippen LogP contribution in [0.25, 0.3) is 0 Å². The molecule has 4 nitrogen and oxygen atoms in total. The molecule has 1 saturated heterocycles. The highest BCUT2D eigenvalue weighted by Crippen LogP contribution is 2.21. The van der Waals surface area contributed by atoms with Gasteiger partial charge in [0.25, 0.3) is 0 Å². The van der Waals surface area contributed by atoms with E-state index in [1.807, 2.05) is 19.2 Å². The number of rotatable bonds is 4. The van der Waals surface area contributed by atoms with Crippen LogP contribution >= 0.6 is 0 Å². The Hall–Kier alpha value is -2.23. The number of hydrogen-bond donors (Lipinski definition) is 1. The van der Waals surface area contributed by atoms with Crippen molar-refractivity contribution in [3.8, 4) is 0 Å². The highest BCUT2D eigenvalue weighted by Gasteiger charge is 2.21. The van der Waals surface area contributed by atoms with Gasteiger partial charge in [0.2, 0.25) is 0 Å². The third kappa shape index (κ3) is 4.38. The van der Waals surface area contributed by atoms with Gasteiger partial charge in [-0.3, -0.25) is 4.99 Å². The normalized spacial score (nSPS) is 16.6. The van der Waals surface area contributed by atoms with Crippen molar-refractivity contribution in [2.24, 2.45) is 10.9 Å². The first-order valence-corrected chi connectivity index (χ1v) is 8.37. The maximum atomic E-state index is 5.36. The SMILES string of the molecule is CN=C(NCc1ccco1)N1CCC(Cc2ccccc2)CC1. The third-order valence-corrected chi connectivity index (χ3v) is 4.49. The van der Waals surface area contributed by atoms with Gasteiger partial charge in [0.15, 0.2) is 5.96 Å². The molecular formula is C19H25N3O. The minimum atomic E-state index is 0.684. The monoisotopic (exact) mass is 311 g/mol. The zero-order valence-electron chi connectivity index (χ0n) is 13.7. The van der Waals surface area contributed by atoms with Crippen LogP contribution < -0.4 is 5.32 Å². The highest BCUT2D eigenvalue weighted by atomic mass is 16.3. The molecule has 2 heterocycles. The summed E-state index contributed by atoms with van der Waals surface area (Å²) in [4.78, 5) is 6.76. The van der Waals surface area contributed by atoms with Crippen molar-refractivity contribution in [3.63, 3.8) is 0 Å². The fourth-order valence-corrected chi connectivity index (χ4v) is 3.21. The zero-order valence-corrected chi connectivity index (χ0v) is 13.7. The van der Waals surface area contributed by atoms with Crippen LogP contribution in [-0.4, -0.2) is 31.0 Å². The van der Waals surface area contributed by atoms with Crippen molar-refractivity contribution in [1.29, 1.82) is 0 Å². The van der Waals surface area contributed by atoms with E-state index in [4.69, 9.17) is 4.42 Å². The minimum absolute atomic E-state index is 0.684. The number of piperidine rings is 1. The predicted octanol–water partition coefficient (Wildman–Crippen LogP) is 3.31. The van der Waals surface area contributed by atoms with Gasteiger partial charge in [0.1, 0.15) is 5.76 Å². The summed E-state index contributed by atoms with van der Waals surface area (Å²) in [5.41, 5.74) is 1.45. The van der Waals surface area contributed by atoms with Crippen molar-refractivity contribution in [2.45, 2.75) is 25.8 Å². The van der Waals surface area contributed by atoms with Crippen molar-refractivity contribution in [3.05, 3.63) is 60.1 Å². The molecule has 0 unspecified atom stereocenters. The van der Waals surface area contributed by atoms with E-state index < -0.39 is 0 Å². The van der Waals surface area contributed by atoms with Gasteiger partial charge in [0.05, 0.1) is 12.8 Å². The van der Waals surface area contributed by atoms with Gasteiger partial charge in [-0.15, -0.1) is 0 Å². The Balaban J connectivity index is 1.47. The Bertz CT molecular complexity index is 599. The summed E-state index contributed by atoms with van der Waals surface area (Å²) in [7, 11) is 1.85. The summed E-state index contributed by atoms with van der Waals surface area (Å²) >= 11 is 0. The molecule has 122 valence electrons. The molecule has 0 radical (unpaired) electrons. The number of nitrogens with one attached hydrogen (secondary N) is 1. The number of hydrogen-bond acceptors (Lipinski definition) is 2. The van der Waals surface area contributed by atoms with Gasteiger partial charge in [0, 0.05) is 20.1 Å². The average molecular weight is 311 g/mol. The molecule has 0 amide bonds. The summed E-state index contributed by atoms with van der Waals surface area (Å²) in [5.74, 6) is 2.68. The molecule has 1 aromatic carbocycles. The lowest BCUT2D eigenvalue weighted by Crippen LogP contribution is -2.45. The van der Waals surface area contributed by atoms with Crippen LogP contribution in [0.3, 0.4) is 0 Å². The first kappa shape index (κ1) is 15.7. The second-order valence-corrected chi connectivity index (χ2v) is 6.10. The van der Waals surface area contributed by atoms with E-state index >= 15 is 0 Å². The molecule has 1 aliphatic rings. The quantitative estimate of drug-likeness (QED) is 0.696. The van der Waals surface area contributed by atoms with Crippen LogP contribution in [0.2, 0.25) is 0 Å². The van der Waals surface area contributed by atoms with E-state index in [-0.39, 0.29) is 0 Å². The van der Waals surface area contributed by atoms with Crippen molar-refractivity contribution >= 4 is 5.96 Å². The smallest absolute Gasteiger partial charge is 0.194 e. The molecule has 0 aliphatic carbocycles.